The van der Waals surface area contributed by atoms with Crippen LogP contribution in [0.2, 0.25) is 0 Å². The molecular formula is C41H81N5O10. The minimum atomic E-state index is -0.805. The summed E-state index contributed by atoms with van der Waals surface area (Å²) in [5.74, 6) is -1.59. The molecule has 7 N–H and O–H groups in total. The fraction of sp³-hybridized carbons (Fsp3) is 0.732. The largest absolute Gasteiger partial charge is 0.463 e. The summed E-state index contributed by atoms with van der Waals surface area (Å²) in [5.41, 5.74) is 11.9. The first-order valence-electron chi connectivity index (χ1n) is 20.4. The van der Waals surface area contributed by atoms with Gasteiger partial charge in [-0.15, -0.1) is 0 Å². The third-order valence-electron chi connectivity index (χ3n) is 6.51. The highest BCUT2D eigenvalue weighted by molar-refractivity contribution is 5.91. The molecule has 4 amide bonds. The molecule has 330 valence electrons. The van der Waals surface area contributed by atoms with Gasteiger partial charge >= 0.3 is 0 Å². The van der Waals surface area contributed by atoms with Crippen LogP contribution in [0.4, 0.5) is 0 Å². The van der Waals surface area contributed by atoms with Crippen molar-refractivity contribution in [3.8, 4) is 0 Å². The molecule has 15 nitrogen and oxygen atoms in total. The number of hydrogen-bond acceptors (Lipinski definition) is 11. The van der Waals surface area contributed by atoms with Crippen molar-refractivity contribution in [2.75, 3.05) is 65.9 Å². The lowest BCUT2D eigenvalue weighted by molar-refractivity contribution is -0.132. The summed E-state index contributed by atoms with van der Waals surface area (Å²) in [5, 5.41) is 8.06. The van der Waals surface area contributed by atoms with Gasteiger partial charge in [0.25, 0.3) is 6.47 Å². The van der Waals surface area contributed by atoms with Crippen molar-refractivity contribution in [1.82, 2.24) is 16.0 Å². The van der Waals surface area contributed by atoms with E-state index in [4.69, 9.17) is 30.4 Å². The van der Waals surface area contributed by atoms with Crippen LogP contribution in [-0.2, 0) is 54.3 Å². The van der Waals surface area contributed by atoms with Crippen molar-refractivity contribution in [2.24, 2.45) is 17.4 Å². The van der Waals surface area contributed by atoms with Crippen LogP contribution in [0, 0.1) is 5.92 Å². The Morgan fingerprint density at radius 2 is 1.21 bits per heavy atom. The van der Waals surface area contributed by atoms with E-state index in [1.54, 1.807) is 20.8 Å². The van der Waals surface area contributed by atoms with Crippen LogP contribution < -0.4 is 27.4 Å². The minimum Gasteiger partial charge on any atom is -0.463 e. The van der Waals surface area contributed by atoms with Crippen LogP contribution in [0.25, 0.3) is 0 Å². The van der Waals surface area contributed by atoms with E-state index >= 15 is 0 Å². The standard InChI is InChI=1S/C25H49N5O8.C8H8O2.4C2H6/c1-4-21(31)28-10-12-36-14-16-38-18-17-37-15-13-35-11-8-22(32)30-23(19(2)3)25(34)29-20(24(27)33)7-5-6-9-26;9-7-10-6-8-4-2-1-3-5-8;4*1-2/h19-20,23H,4-18,26H2,1-3H3,(H2,27,33)(H,28,31)(H,29,34)(H,30,32);1-5,7H,6H2;4*1-2H3. The van der Waals surface area contributed by atoms with E-state index < -0.39 is 23.9 Å². The molecule has 0 radical (unpaired) electrons. The first-order valence-corrected chi connectivity index (χ1v) is 20.4. The molecule has 2 atom stereocenters. The van der Waals surface area contributed by atoms with E-state index in [2.05, 4.69) is 20.7 Å². The van der Waals surface area contributed by atoms with Gasteiger partial charge in [-0.3, -0.25) is 24.0 Å². The fourth-order valence-electron chi connectivity index (χ4n) is 3.84. The zero-order valence-electron chi connectivity index (χ0n) is 36.7. The molecular weight excluding hydrogens is 722 g/mol. The zero-order valence-corrected chi connectivity index (χ0v) is 36.7. The maximum Gasteiger partial charge on any atom is 0.293 e. The van der Waals surface area contributed by atoms with Crippen molar-refractivity contribution in [1.29, 1.82) is 0 Å². The molecule has 0 spiro atoms. The Kier molecular flexibility index (Phi) is 56.5. The number of rotatable bonds is 28. The van der Waals surface area contributed by atoms with Crippen LogP contribution in [0.5, 0.6) is 0 Å². The van der Waals surface area contributed by atoms with E-state index in [-0.39, 0.29) is 30.8 Å². The van der Waals surface area contributed by atoms with Gasteiger partial charge in [0.2, 0.25) is 23.6 Å². The molecule has 0 saturated carbocycles. The van der Waals surface area contributed by atoms with Crippen molar-refractivity contribution in [3.63, 3.8) is 0 Å². The second kappa shape index (κ2) is 51.4. The summed E-state index contributed by atoms with van der Waals surface area (Å²) in [6, 6.07) is 7.94. The normalized spacial score (nSPS) is 10.6. The van der Waals surface area contributed by atoms with Gasteiger partial charge in [-0.2, -0.15) is 0 Å². The van der Waals surface area contributed by atoms with E-state index in [9.17, 15) is 24.0 Å². The Balaban J connectivity index is -0.000000399. The van der Waals surface area contributed by atoms with Crippen molar-refractivity contribution in [2.45, 2.75) is 127 Å². The summed E-state index contributed by atoms with van der Waals surface area (Å²) < 4.78 is 26.1. The van der Waals surface area contributed by atoms with Gasteiger partial charge in [0.15, 0.2) is 0 Å². The Morgan fingerprint density at radius 1 is 0.714 bits per heavy atom. The second-order valence-electron chi connectivity index (χ2n) is 10.8. The highest BCUT2D eigenvalue weighted by Gasteiger charge is 2.27. The third-order valence-corrected chi connectivity index (χ3v) is 6.51. The Labute approximate surface area is 339 Å². The fourth-order valence-corrected chi connectivity index (χ4v) is 3.84. The summed E-state index contributed by atoms with van der Waals surface area (Å²) in [6.07, 6.45) is 2.32. The van der Waals surface area contributed by atoms with E-state index in [0.29, 0.717) is 91.7 Å². The smallest absolute Gasteiger partial charge is 0.293 e. The SMILES string of the molecule is CC.CC.CC.CC.CCC(=O)NCCOCCOCCOCCOCCC(=O)NC(C(=O)NC(CCCCN)C(N)=O)C(C)C.O=COCc1ccccc1. The number of primary amides is 1. The molecule has 0 heterocycles. The predicted octanol–water partition coefficient (Wildman–Crippen LogP) is 4.67. The molecule has 0 aromatic heterocycles. The number of amides is 4. The molecule has 2 unspecified atom stereocenters. The molecule has 0 aliphatic rings. The summed E-state index contributed by atoms with van der Waals surface area (Å²) in [4.78, 5) is 57.5. The molecule has 1 rings (SSSR count). The molecule has 1 aromatic rings. The number of benzene rings is 1. The molecule has 0 aliphatic carbocycles. The molecule has 0 aliphatic heterocycles. The van der Waals surface area contributed by atoms with Crippen molar-refractivity contribution < 1.29 is 47.7 Å². The van der Waals surface area contributed by atoms with Crippen LogP contribution in [0.3, 0.4) is 0 Å². The van der Waals surface area contributed by atoms with E-state index in [1.807, 2.05) is 85.7 Å². The van der Waals surface area contributed by atoms with Gasteiger partial charge in [0, 0.05) is 19.4 Å². The number of carbonyl (C=O) groups excluding carboxylic acids is 5. The van der Waals surface area contributed by atoms with Crippen molar-refractivity contribution >= 4 is 30.1 Å². The second-order valence-corrected chi connectivity index (χ2v) is 10.8. The first-order chi connectivity index (χ1) is 27.2. The average Bonchev–Trinajstić information content (AvgIpc) is 3.23. The topological polar surface area (TPSA) is 220 Å². The Hall–Kier alpha value is -3.63. The maximum absolute atomic E-state index is 12.7. The van der Waals surface area contributed by atoms with Gasteiger partial charge in [0.1, 0.15) is 18.7 Å². The van der Waals surface area contributed by atoms with Crippen LogP contribution >= 0.6 is 0 Å². The first kappa shape index (κ1) is 61.6. The number of nitrogens with two attached hydrogens (primary N) is 2. The summed E-state index contributed by atoms with van der Waals surface area (Å²) >= 11 is 0. The van der Waals surface area contributed by atoms with Gasteiger partial charge in [-0.05, 0) is 37.3 Å². The summed E-state index contributed by atoms with van der Waals surface area (Å²) in [6.45, 7) is 26.2. The van der Waals surface area contributed by atoms with Crippen LogP contribution in [0.15, 0.2) is 30.3 Å². The molecule has 15 heteroatoms. The quantitative estimate of drug-likeness (QED) is 0.0579. The van der Waals surface area contributed by atoms with Crippen molar-refractivity contribution in [3.05, 3.63) is 35.9 Å². The number of ether oxygens (including phenoxy) is 5. The number of hydrogen-bond donors (Lipinski definition) is 5. The Morgan fingerprint density at radius 3 is 1.66 bits per heavy atom. The lowest BCUT2D eigenvalue weighted by atomic mass is 10.0. The average molecular weight is 804 g/mol. The molecule has 0 bridgehead atoms. The number of carbonyl (C=O) groups is 5. The van der Waals surface area contributed by atoms with Crippen LogP contribution in [0.1, 0.15) is 114 Å². The van der Waals surface area contributed by atoms with Gasteiger partial charge in [-0.25, -0.2) is 0 Å². The lowest BCUT2D eigenvalue weighted by Crippen LogP contribution is -2.54. The number of nitrogens with one attached hydrogen (secondary N) is 3. The molecule has 56 heavy (non-hydrogen) atoms. The Bertz CT molecular complexity index is 1000. The minimum absolute atomic E-state index is 0.000105. The zero-order chi connectivity index (χ0) is 43.8. The molecule has 1 aromatic carbocycles. The van der Waals surface area contributed by atoms with Gasteiger partial charge in [0.05, 0.1) is 52.9 Å². The predicted molar refractivity (Wildman–Crippen MR) is 225 cm³/mol. The highest BCUT2D eigenvalue weighted by atomic mass is 16.6. The molecule has 0 saturated heterocycles. The highest BCUT2D eigenvalue weighted by Crippen LogP contribution is 2.06. The van der Waals surface area contributed by atoms with Crippen LogP contribution in [-0.4, -0.2) is 108 Å². The number of unbranched alkanes of at least 4 members (excludes halogenated alkanes) is 1. The van der Waals surface area contributed by atoms with Gasteiger partial charge < -0.3 is 51.1 Å². The lowest BCUT2D eigenvalue weighted by Gasteiger charge is -2.24. The van der Waals surface area contributed by atoms with E-state index in [1.165, 1.54) is 0 Å². The van der Waals surface area contributed by atoms with E-state index in [0.717, 1.165) is 12.0 Å². The maximum atomic E-state index is 12.7. The molecule has 0 fully saturated rings. The third kappa shape index (κ3) is 43.1. The summed E-state index contributed by atoms with van der Waals surface area (Å²) in [7, 11) is 0. The monoisotopic (exact) mass is 804 g/mol. The van der Waals surface area contributed by atoms with Gasteiger partial charge in [-0.1, -0.05) is 106 Å².